The van der Waals surface area contributed by atoms with Crippen molar-refractivity contribution in [2.45, 2.75) is 44.8 Å². The molecule has 3 aromatic rings. The number of nitrogens with zero attached hydrogens (tertiary/aromatic N) is 2. The Morgan fingerprint density at radius 3 is 2.27 bits per heavy atom. The molecule has 4 rings (SSSR count). The molecule has 218 valence electrons. The lowest BCUT2D eigenvalue weighted by Crippen LogP contribution is -2.55. The van der Waals surface area contributed by atoms with Crippen molar-refractivity contribution in [1.82, 2.24) is 4.31 Å². The molecule has 0 spiro atoms. The van der Waals surface area contributed by atoms with Gasteiger partial charge in [-0.25, -0.2) is 17.1 Å². The van der Waals surface area contributed by atoms with Crippen molar-refractivity contribution in [1.29, 1.82) is 0 Å². The van der Waals surface area contributed by atoms with E-state index in [9.17, 15) is 27.5 Å². The van der Waals surface area contributed by atoms with Gasteiger partial charge in [-0.05, 0) is 78.8 Å². The van der Waals surface area contributed by atoms with Crippen LogP contribution < -0.4 is 4.90 Å². The van der Waals surface area contributed by atoms with E-state index in [2.05, 4.69) is 0 Å². The molecule has 8 nitrogen and oxygen atoms in total. The second-order valence-electron chi connectivity index (χ2n) is 10.4. The van der Waals surface area contributed by atoms with E-state index < -0.39 is 22.1 Å². The Kier molecular flexibility index (Phi) is 9.45. The summed E-state index contributed by atoms with van der Waals surface area (Å²) in [6, 6.07) is 19.9. The van der Waals surface area contributed by atoms with Crippen molar-refractivity contribution >= 4 is 27.6 Å². The smallest absolute Gasteiger partial charge is 0.303 e. The molecule has 1 fully saturated rings. The van der Waals surface area contributed by atoms with Crippen LogP contribution in [-0.2, 0) is 30.8 Å². The van der Waals surface area contributed by atoms with E-state index >= 15 is 0 Å². The third-order valence-corrected chi connectivity index (χ3v) is 8.77. The second kappa shape index (κ2) is 12.8. The average Bonchev–Trinajstić information content (AvgIpc) is 2.92. The largest absolute Gasteiger partial charge is 0.508 e. The van der Waals surface area contributed by atoms with Crippen molar-refractivity contribution in [3.63, 3.8) is 0 Å². The number of carbonyl (C=O) groups is 2. The zero-order valence-electron chi connectivity index (χ0n) is 23.4. The highest BCUT2D eigenvalue weighted by Gasteiger charge is 2.48. The average molecular weight is 583 g/mol. The van der Waals surface area contributed by atoms with E-state index in [0.717, 1.165) is 16.8 Å². The zero-order valence-corrected chi connectivity index (χ0v) is 24.2. The van der Waals surface area contributed by atoms with E-state index in [1.807, 2.05) is 24.3 Å². The van der Waals surface area contributed by atoms with Crippen LogP contribution in [0.15, 0.2) is 72.8 Å². The van der Waals surface area contributed by atoms with Crippen LogP contribution in [-0.4, -0.2) is 49.6 Å². The van der Waals surface area contributed by atoms with E-state index in [0.29, 0.717) is 37.8 Å². The van der Waals surface area contributed by atoms with Gasteiger partial charge in [0.25, 0.3) is 0 Å². The van der Waals surface area contributed by atoms with Crippen LogP contribution in [0.25, 0.3) is 0 Å². The summed E-state index contributed by atoms with van der Waals surface area (Å²) < 4.78 is 43.5. The van der Waals surface area contributed by atoms with Gasteiger partial charge in [0.15, 0.2) is 0 Å². The van der Waals surface area contributed by atoms with Gasteiger partial charge in [-0.1, -0.05) is 36.4 Å². The fraction of sp³-hybridized carbons (Fsp3) is 0.355. The molecule has 3 atom stereocenters. The summed E-state index contributed by atoms with van der Waals surface area (Å²) in [4.78, 5) is 27.0. The Balaban J connectivity index is 1.50. The van der Waals surface area contributed by atoms with Crippen LogP contribution in [0.5, 0.6) is 5.75 Å². The molecule has 0 saturated carbocycles. The van der Waals surface area contributed by atoms with Gasteiger partial charge >= 0.3 is 5.97 Å². The highest BCUT2D eigenvalue weighted by molar-refractivity contribution is 7.88. The number of sulfonamides is 1. The highest BCUT2D eigenvalue weighted by Crippen LogP contribution is 2.46. The van der Waals surface area contributed by atoms with Crippen molar-refractivity contribution < 1.29 is 32.2 Å². The number of aryl methyl sites for hydroxylation is 1. The minimum absolute atomic E-state index is 0.0636. The quantitative estimate of drug-likeness (QED) is 0.234. The van der Waals surface area contributed by atoms with Crippen molar-refractivity contribution in [3.05, 3.63) is 95.3 Å². The van der Waals surface area contributed by atoms with Crippen LogP contribution in [0.1, 0.15) is 55.0 Å². The van der Waals surface area contributed by atoms with E-state index in [4.69, 9.17) is 4.74 Å². The topological polar surface area (TPSA) is 104 Å². The first-order valence-corrected chi connectivity index (χ1v) is 15.3. The molecule has 1 saturated heterocycles. The zero-order chi connectivity index (χ0) is 29.7. The Labute approximate surface area is 240 Å². The summed E-state index contributed by atoms with van der Waals surface area (Å²) >= 11 is 0. The van der Waals surface area contributed by atoms with Gasteiger partial charge in [-0.2, -0.15) is 0 Å². The molecule has 1 aliphatic rings. The fourth-order valence-electron chi connectivity index (χ4n) is 5.17. The number of halogens is 1. The maximum atomic E-state index is 13.5. The number of β-lactam (4-membered cyclic amide) rings is 1. The highest BCUT2D eigenvalue weighted by atomic mass is 32.2. The molecule has 1 N–H and O–H groups in total. The maximum absolute atomic E-state index is 13.5. The number of anilines is 1. The molecule has 0 aromatic heterocycles. The first-order valence-electron chi connectivity index (χ1n) is 13.5. The van der Waals surface area contributed by atoms with Crippen LogP contribution in [0.2, 0.25) is 0 Å². The standard InChI is InChI=1S/C31H35FN2O6S/c1-21(35)40-29(23-8-12-25(32)13-9-23)19-18-28-30(24-10-16-27(36)17-11-24)34(31(28)37)26-14-6-22(7-15-26)5-4-20-33(2)41(3,38)39/h6-17,28-30,36H,4-5,18-20H2,1-3H3/t28?,29-,30+/m0/s1. The van der Waals surface area contributed by atoms with Gasteiger partial charge in [0.2, 0.25) is 15.9 Å². The van der Waals surface area contributed by atoms with E-state index in [1.54, 1.807) is 48.3 Å². The summed E-state index contributed by atoms with van der Waals surface area (Å²) in [5.74, 6) is -1.17. The van der Waals surface area contributed by atoms with Gasteiger partial charge in [0.1, 0.15) is 17.7 Å². The Bertz CT molecular complexity index is 1460. The summed E-state index contributed by atoms with van der Waals surface area (Å²) in [7, 11) is -1.66. The molecule has 0 bridgehead atoms. The number of carbonyl (C=O) groups excluding carboxylic acids is 2. The lowest BCUT2D eigenvalue weighted by molar-refractivity contribution is -0.147. The Morgan fingerprint density at radius 1 is 1.05 bits per heavy atom. The van der Waals surface area contributed by atoms with Gasteiger partial charge < -0.3 is 14.7 Å². The van der Waals surface area contributed by atoms with Crippen molar-refractivity contribution in [2.24, 2.45) is 5.92 Å². The number of amides is 1. The molecular weight excluding hydrogens is 547 g/mol. The van der Waals surface area contributed by atoms with E-state index in [1.165, 1.54) is 29.6 Å². The second-order valence-corrected chi connectivity index (χ2v) is 12.5. The summed E-state index contributed by atoms with van der Waals surface area (Å²) in [6.45, 7) is 1.74. The van der Waals surface area contributed by atoms with Crippen LogP contribution in [0.4, 0.5) is 10.1 Å². The molecule has 0 aliphatic carbocycles. The number of hydrogen-bond donors (Lipinski definition) is 1. The predicted octanol–water partition coefficient (Wildman–Crippen LogP) is 5.14. The van der Waals surface area contributed by atoms with Gasteiger partial charge in [-0.15, -0.1) is 0 Å². The van der Waals surface area contributed by atoms with Gasteiger partial charge in [-0.3, -0.25) is 9.59 Å². The minimum atomic E-state index is -3.22. The summed E-state index contributed by atoms with van der Waals surface area (Å²) in [5.41, 5.74) is 3.29. The van der Waals surface area contributed by atoms with E-state index in [-0.39, 0.29) is 29.4 Å². The number of phenolic OH excluding ortho intramolecular Hbond substituents is 1. The fourth-order valence-corrected chi connectivity index (χ4v) is 5.63. The lowest BCUT2D eigenvalue weighted by Gasteiger charge is -2.48. The van der Waals surface area contributed by atoms with Gasteiger partial charge in [0, 0.05) is 26.2 Å². The van der Waals surface area contributed by atoms with Crippen molar-refractivity contribution in [3.8, 4) is 5.75 Å². The maximum Gasteiger partial charge on any atom is 0.303 e. The number of ether oxygens (including phenoxy) is 1. The number of aromatic hydroxyl groups is 1. The Morgan fingerprint density at radius 2 is 1.68 bits per heavy atom. The molecule has 41 heavy (non-hydrogen) atoms. The summed E-state index contributed by atoms with van der Waals surface area (Å²) in [6.07, 6.45) is 2.74. The SMILES string of the molecule is CC(=O)O[C@@H](CCC1C(=O)N(c2ccc(CCCN(C)S(C)(=O)=O)cc2)[C@@H]1c1ccc(O)cc1)c1ccc(F)cc1. The van der Waals surface area contributed by atoms with Crippen LogP contribution in [0.3, 0.4) is 0 Å². The molecule has 1 heterocycles. The van der Waals surface area contributed by atoms with Crippen LogP contribution in [0, 0.1) is 11.7 Å². The first kappa shape index (κ1) is 30.2. The lowest BCUT2D eigenvalue weighted by atomic mass is 9.78. The third kappa shape index (κ3) is 7.51. The Hall–Kier alpha value is -3.76. The molecule has 1 amide bonds. The normalized spacial score (nSPS) is 17.8. The minimum Gasteiger partial charge on any atom is -0.508 e. The number of esters is 1. The number of hydrogen-bond acceptors (Lipinski definition) is 6. The molecule has 1 aliphatic heterocycles. The molecule has 1 unspecified atom stereocenters. The number of rotatable bonds is 12. The first-order chi connectivity index (χ1) is 19.4. The summed E-state index contributed by atoms with van der Waals surface area (Å²) in [5, 5.41) is 9.82. The molecule has 10 heteroatoms. The monoisotopic (exact) mass is 582 g/mol. The predicted molar refractivity (Wildman–Crippen MR) is 154 cm³/mol. The molecule has 0 radical (unpaired) electrons. The van der Waals surface area contributed by atoms with Gasteiger partial charge in [0.05, 0.1) is 18.2 Å². The molecular formula is C31H35FN2O6S. The number of benzene rings is 3. The third-order valence-electron chi connectivity index (χ3n) is 7.46. The van der Waals surface area contributed by atoms with Crippen molar-refractivity contribution in [2.75, 3.05) is 24.7 Å². The van der Waals surface area contributed by atoms with Crippen LogP contribution >= 0.6 is 0 Å². The molecule has 3 aromatic carbocycles. The number of phenols is 1.